The highest BCUT2D eigenvalue weighted by Crippen LogP contribution is 2.15. The SMILES string of the molecule is O=C1CCON1CCc1ccc(N2C=CCCC=N2)nc1. The molecule has 1 saturated heterocycles. The summed E-state index contributed by atoms with van der Waals surface area (Å²) < 4.78 is 0. The number of nitrogens with zero attached hydrogens (tertiary/aromatic N) is 4. The molecule has 6 heteroatoms. The van der Waals surface area contributed by atoms with Crippen LogP contribution in [-0.4, -0.2) is 35.3 Å². The third kappa shape index (κ3) is 3.46. The van der Waals surface area contributed by atoms with Crippen molar-refractivity contribution in [2.45, 2.75) is 25.7 Å². The highest BCUT2D eigenvalue weighted by molar-refractivity contribution is 5.76. The molecule has 0 aliphatic carbocycles. The van der Waals surface area contributed by atoms with Crippen LogP contribution in [0.25, 0.3) is 0 Å². The number of carbonyl (C=O) groups is 1. The number of hydroxylamine groups is 2. The molecule has 0 saturated carbocycles. The van der Waals surface area contributed by atoms with Gasteiger partial charge < -0.3 is 0 Å². The van der Waals surface area contributed by atoms with Gasteiger partial charge in [-0.2, -0.15) is 5.10 Å². The molecule has 2 aliphatic rings. The Morgan fingerprint density at radius 1 is 1.29 bits per heavy atom. The Morgan fingerprint density at radius 2 is 2.24 bits per heavy atom. The van der Waals surface area contributed by atoms with Gasteiger partial charge in [0, 0.05) is 18.6 Å². The normalized spacial score (nSPS) is 18.4. The van der Waals surface area contributed by atoms with Gasteiger partial charge in [-0.1, -0.05) is 12.1 Å². The molecule has 0 aromatic carbocycles. The number of amides is 1. The lowest BCUT2D eigenvalue weighted by molar-refractivity contribution is -0.161. The van der Waals surface area contributed by atoms with Crippen LogP contribution in [0.15, 0.2) is 35.7 Å². The number of aromatic nitrogens is 1. The molecule has 1 fully saturated rings. The van der Waals surface area contributed by atoms with E-state index < -0.39 is 0 Å². The van der Waals surface area contributed by atoms with Gasteiger partial charge in [0.05, 0.1) is 19.6 Å². The summed E-state index contributed by atoms with van der Waals surface area (Å²) in [5.74, 6) is 0.852. The Morgan fingerprint density at radius 3 is 3.00 bits per heavy atom. The molecular formula is C15H18N4O2. The molecule has 3 rings (SSSR count). The van der Waals surface area contributed by atoms with E-state index in [4.69, 9.17) is 4.84 Å². The largest absolute Gasteiger partial charge is 0.272 e. The van der Waals surface area contributed by atoms with Crippen LogP contribution >= 0.6 is 0 Å². The van der Waals surface area contributed by atoms with E-state index in [2.05, 4.69) is 16.2 Å². The molecule has 1 amide bonds. The van der Waals surface area contributed by atoms with Crippen molar-refractivity contribution in [3.05, 3.63) is 36.2 Å². The second kappa shape index (κ2) is 6.49. The number of hydrazone groups is 1. The van der Waals surface area contributed by atoms with Gasteiger partial charge in [-0.25, -0.2) is 15.1 Å². The van der Waals surface area contributed by atoms with E-state index in [9.17, 15) is 4.79 Å². The highest BCUT2D eigenvalue weighted by atomic mass is 16.7. The second-order valence-corrected chi connectivity index (χ2v) is 4.96. The molecule has 110 valence electrons. The van der Waals surface area contributed by atoms with Gasteiger partial charge in [-0.05, 0) is 30.9 Å². The molecule has 6 nitrogen and oxygen atoms in total. The van der Waals surface area contributed by atoms with E-state index in [-0.39, 0.29) is 5.91 Å². The number of anilines is 1. The molecule has 0 unspecified atom stereocenters. The first-order chi connectivity index (χ1) is 10.3. The van der Waals surface area contributed by atoms with E-state index in [1.165, 1.54) is 5.06 Å². The predicted octanol–water partition coefficient (Wildman–Crippen LogP) is 1.89. The Bertz CT molecular complexity index is 539. The highest BCUT2D eigenvalue weighted by Gasteiger charge is 2.20. The van der Waals surface area contributed by atoms with Crippen LogP contribution in [-0.2, 0) is 16.1 Å². The third-order valence-electron chi connectivity index (χ3n) is 3.40. The van der Waals surface area contributed by atoms with Crippen LogP contribution in [0.2, 0.25) is 0 Å². The smallest absolute Gasteiger partial charge is 0.248 e. The van der Waals surface area contributed by atoms with Gasteiger partial charge in [0.1, 0.15) is 0 Å². The Kier molecular flexibility index (Phi) is 4.25. The maximum Gasteiger partial charge on any atom is 0.248 e. The number of hydrogen-bond donors (Lipinski definition) is 0. The number of carbonyl (C=O) groups excluding carboxylic acids is 1. The minimum atomic E-state index is 0.0589. The minimum absolute atomic E-state index is 0.0589. The molecule has 1 aromatic rings. The van der Waals surface area contributed by atoms with Crippen molar-refractivity contribution in [3.63, 3.8) is 0 Å². The molecule has 2 aliphatic heterocycles. The fraction of sp³-hybridized carbons (Fsp3) is 0.400. The van der Waals surface area contributed by atoms with Crippen LogP contribution in [0.1, 0.15) is 24.8 Å². The first-order valence-electron chi connectivity index (χ1n) is 7.19. The lowest BCUT2D eigenvalue weighted by atomic mass is 10.2. The van der Waals surface area contributed by atoms with Crippen LogP contribution < -0.4 is 5.01 Å². The topological polar surface area (TPSA) is 58.0 Å². The predicted molar refractivity (Wildman–Crippen MR) is 79.6 cm³/mol. The summed E-state index contributed by atoms with van der Waals surface area (Å²) in [7, 11) is 0. The van der Waals surface area contributed by atoms with Crippen LogP contribution in [0.3, 0.4) is 0 Å². The van der Waals surface area contributed by atoms with Gasteiger partial charge in [0.15, 0.2) is 5.82 Å². The summed E-state index contributed by atoms with van der Waals surface area (Å²) in [5.41, 5.74) is 1.07. The Balaban J connectivity index is 1.60. The van der Waals surface area contributed by atoms with Crippen LogP contribution in [0.5, 0.6) is 0 Å². The molecule has 3 heterocycles. The van der Waals surface area contributed by atoms with Gasteiger partial charge in [0.2, 0.25) is 5.91 Å². The van der Waals surface area contributed by atoms with E-state index in [0.717, 1.165) is 30.6 Å². The fourth-order valence-electron chi connectivity index (χ4n) is 2.22. The van der Waals surface area contributed by atoms with E-state index in [1.807, 2.05) is 30.7 Å². The zero-order valence-electron chi connectivity index (χ0n) is 11.8. The second-order valence-electron chi connectivity index (χ2n) is 4.96. The maximum absolute atomic E-state index is 11.4. The average Bonchev–Trinajstić information content (AvgIpc) is 2.77. The van der Waals surface area contributed by atoms with Crippen molar-refractivity contribution in [3.8, 4) is 0 Å². The summed E-state index contributed by atoms with van der Waals surface area (Å²) in [4.78, 5) is 21.1. The molecular weight excluding hydrogens is 268 g/mol. The lowest BCUT2D eigenvalue weighted by Crippen LogP contribution is -2.25. The molecule has 0 radical (unpaired) electrons. The van der Waals surface area contributed by atoms with E-state index >= 15 is 0 Å². The zero-order chi connectivity index (χ0) is 14.5. The average molecular weight is 286 g/mol. The molecule has 0 atom stereocenters. The molecule has 21 heavy (non-hydrogen) atoms. The van der Waals surface area contributed by atoms with Crippen molar-refractivity contribution < 1.29 is 9.63 Å². The minimum Gasteiger partial charge on any atom is -0.272 e. The molecule has 0 spiro atoms. The summed E-state index contributed by atoms with van der Waals surface area (Å²) in [5, 5.41) is 7.54. The van der Waals surface area contributed by atoms with Crippen LogP contribution in [0.4, 0.5) is 5.82 Å². The summed E-state index contributed by atoms with van der Waals surface area (Å²) in [6.45, 7) is 1.07. The zero-order valence-corrected chi connectivity index (χ0v) is 11.8. The molecule has 1 aromatic heterocycles. The Hall–Kier alpha value is -2.21. The van der Waals surface area contributed by atoms with Gasteiger partial charge in [-0.3, -0.25) is 9.63 Å². The number of pyridine rings is 1. The Labute approximate surface area is 123 Å². The van der Waals surface area contributed by atoms with E-state index in [0.29, 0.717) is 19.6 Å². The van der Waals surface area contributed by atoms with Crippen molar-refractivity contribution >= 4 is 17.9 Å². The monoisotopic (exact) mass is 286 g/mol. The molecule has 0 bridgehead atoms. The standard InChI is InChI=1S/C15H18N4O2/c20-15-7-11-21-19(15)10-6-13-4-5-14(16-12-13)18-9-3-1-2-8-17-18/h3-5,8-9,12H,1-2,6-7,10-11H2. The third-order valence-corrected chi connectivity index (χ3v) is 3.40. The summed E-state index contributed by atoms with van der Waals surface area (Å²) in [6.07, 6.45) is 10.9. The lowest BCUT2D eigenvalue weighted by Gasteiger charge is -2.15. The van der Waals surface area contributed by atoms with Crippen molar-refractivity contribution in [1.29, 1.82) is 0 Å². The first kappa shape index (κ1) is 13.8. The van der Waals surface area contributed by atoms with Crippen molar-refractivity contribution in [1.82, 2.24) is 10.0 Å². The quantitative estimate of drug-likeness (QED) is 0.848. The van der Waals surface area contributed by atoms with E-state index in [1.54, 1.807) is 5.01 Å². The van der Waals surface area contributed by atoms with Crippen molar-refractivity contribution in [2.75, 3.05) is 18.2 Å². The fourth-order valence-corrected chi connectivity index (χ4v) is 2.22. The van der Waals surface area contributed by atoms with Crippen molar-refractivity contribution in [2.24, 2.45) is 5.10 Å². The first-order valence-corrected chi connectivity index (χ1v) is 7.19. The molecule has 0 N–H and O–H groups in total. The van der Waals surface area contributed by atoms with Gasteiger partial charge in [-0.15, -0.1) is 0 Å². The number of hydrogen-bond acceptors (Lipinski definition) is 5. The van der Waals surface area contributed by atoms with Gasteiger partial charge in [0.25, 0.3) is 0 Å². The van der Waals surface area contributed by atoms with Crippen LogP contribution in [0, 0.1) is 0 Å². The number of allylic oxidation sites excluding steroid dienone is 1. The number of rotatable bonds is 4. The maximum atomic E-state index is 11.4. The van der Waals surface area contributed by atoms with Gasteiger partial charge >= 0.3 is 0 Å². The summed E-state index contributed by atoms with van der Waals surface area (Å²) >= 11 is 0. The summed E-state index contributed by atoms with van der Waals surface area (Å²) in [6, 6.07) is 3.95.